The number of furan rings is 1. The van der Waals surface area contributed by atoms with Crippen molar-refractivity contribution in [1.82, 2.24) is 10.2 Å². The Labute approximate surface area is 157 Å². The molecule has 0 saturated carbocycles. The smallest absolute Gasteiger partial charge is 0.352 e. The number of nitrogens with one attached hydrogen (secondary N) is 1. The van der Waals surface area contributed by atoms with Gasteiger partial charge in [0.2, 0.25) is 11.6 Å². The maximum Gasteiger partial charge on any atom is 0.352 e. The van der Waals surface area contributed by atoms with Gasteiger partial charge >= 0.3 is 11.9 Å². The molecule has 0 aromatic carbocycles. The van der Waals surface area contributed by atoms with Gasteiger partial charge in [0.05, 0.1) is 12.7 Å². The topological polar surface area (TPSA) is 152 Å². The standard InChI is InChI=1S/C16H17N3O7S/c1-8(20)26-6-9-7-27-15-16(17,14(24)19(15)12(9)13(22)23)18-11(21)5-10-3-2-4-25-10/h2-4,15H,5-7,17H2,1H3,(H,18,21)(H,22,23)/t15-,16+/m1/s1. The molecule has 3 heterocycles. The van der Waals surface area contributed by atoms with E-state index in [0.717, 1.165) is 4.90 Å². The molecule has 0 spiro atoms. The van der Waals surface area contributed by atoms with Crippen LogP contribution in [0.4, 0.5) is 0 Å². The molecule has 1 aromatic heterocycles. The van der Waals surface area contributed by atoms with Crippen LogP contribution in [0.25, 0.3) is 0 Å². The quantitative estimate of drug-likeness (QED) is 0.326. The fraction of sp³-hybridized carbons (Fsp3) is 0.375. The lowest BCUT2D eigenvalue weighted by molar-refractivity contribution is -0.159. The van der Waals surface area contributed by atoms with E-state index in [-0.39, 0.29) is 30.1 Å². The number of rotatable bonds is 6. The Kier molecular flexibility index (Phi) is 4.98. The van der Waals surface area contributed by atoms with Crippen molar-refractivity contribution in [2.75, 3.05) is 12.4 Å². The van der Waals surface area contributed by atoms with Gasteiger partial charge in [-0.3, -0.25) is 25.0 Å². The van der Waals surface area contributed by atoms with Crippen LogP contribution in [-0.2, 0) is 30.3 Å². The zero-order chi connectivity index (χ0) is 19.8. The third kappa shape index (κ3) is 3.43. The lowest BCUT2D eigenvalue weighted by Gasteiger charge is -2.55. The summed E-state index contributed by atoms with van der Waals surface area (Å²) in [7, 11) is 0. The molecule has 3 rings (SSSR count). The number of ether oxygens (including phenoxy) is 1. The zero-order valence-corrected chi connectivity index (χ0v) is 15.1. The van der Waals surface area contributed by atoms with Crippen molar-refractivity contribution in [3.05, 3.63) is 35.4 Å². The molecule has 4 N–H and O–H groups in total. The molecule has 2 amide bonds. The van der Waals surface area contributed by atoms with Crippen LogP contribution >= 0.6 is 11.8 Å². The molecule has 1 fully saturated rings. The average molecular weight is 395 g/mol. The van der Waals surface area contributed by atoms with Gasteiger partial charge in [0.15, 0.2) is 0 Å². The minimum atomic E-state index is -1.72. The Balaban J connectivity index is 1.76. The van der Waals surface area contributed by atoms with Crippen molar-refractivity contribution in [2.24, 2.45) is 5.73 Å². The number of nitrogens with zero attached hydrogens (tertiary/aromatic N) is 1. The summed E-state index contributed by atoms with van der Waals surface area (Å²) in [5.41, 5.74) is 4.38. The maximum absolute atomic E-state index is 12.6. The van der Waals surface area contributed by atoms with Crippen molar-refractivity contribution in [3.8, 4) is 0 Å². The number of carboxylic acids is 1. The molecule has 27 heavy (non-hydrogen) atoms. The molecule has 2 aliphatic rings. The molecule has 10 nitrogen and oxygen atoms in total. The van der Waals surface area contributed by atoms with Crippen LogP contribution < -0.4 is 11.1 Å². The van der Waals surface area contributed by atoms with Gasteiger partial charge in [-0.05, 0) is 12.1 Å². The van der Waals surface area contributed by atoms with Crippen molar-refractivity contribution >= 4 is 35.5 Å². The van der Waals surface area contributed by atoms with Gasteiger partial charge in [-0.2, -0.15) is 0 Å². The third-order valence-electron chi connectivity index (χ3n) is 4.10. The van der Waals surface area contributed by atoms with E-state index in [0.29, 0.717) is 5.76 Å². The Hall–Kier alpha value is -2.79. The van der Waals surface area contributed by atoms with Gasteiger partial charge < -0.3 is 19.6 Å². The number of β-lactam (4-membered cyclic amide) rings is 1. The summed E-state index contributed by atoms with van der Waals surface area (Å²) in [6, 6.07) is 3.24. The highest BCUT2D eigenvalue weighted by atomic mass is 32.2. The van der Waals surface area contributed by atoms with Crippen LogP contribution in [0.2, 0.25) is 0 Å². The van der Waals surface area contributed by atoms with Gasteiger partial charge in [-0.15, -0.1) is 11.8 Å². The maximum atomic E-state index is 12.6. The number of thioether (sulfide) groups is 1. The summed E-state index contributed by atoms with van der Waals surface area (Å²) in [5, 5.41) is 11.2. The normalized spacial score (nSPS) is 24.1. The van der Waals surface area contributed by atoms with Gasteiger partial charge in [0.25, 0.3) is 5.91 Å². The summed E-state index contributed by atoms with van der Waals surface area (Å²) >= 11 is 1.18. The van der Waals surface area contributed by atoms with Crippen molar-refractivity contribution in [3.63, 3.8) is 0 Å². The minimum Gasteiger partial charge on any atom is -0.477 e. The fourth-order valence-corrected chi connectivity index (χ4v) is 4.26. The van der Waals surface area contributed by atoms with E-state index in [4.69, 9.17) is 14.9 Å². The molecule has 0 aliphatic carbocycles. The zero-order valence-electron chi connectivity index (χ0n) is 14.3. The predicted molar refractivity (Wildman–Crippen MR) is 91.9 cm³/mol. The van der Waals surface area contributed by atoms with Crippen molar-refractivity contribution < 1.29 is 33.4 Å². The molecule has 1 aromatic rings. The van der Waals surface area contributed by atoms with Gasteiger partial charge in [-0.25, -0.2) is 4.79 Å². The van der Waals surface area contributed by atoms with Crippen LogP contribution in [0, 0.1) is 0 Å². The van der Waals surface area contributed by atoms with Gasteiger partial charge in [-0.1, -0.05) is 0 Å². The highest BCUT2D eigenvalue weighted by molar-refractivity contribution is 8.00. The number of carbonyl (C=O) groups excluding carboxylic acids is 3. The lowest BCUT2D eigenvalue weighted by atomic mass is 9.96. The van der Waals surface area contributed by atoms with Crippen molar-refractivity contribution in [2.45, 2.75) is 24.4 Å². The lowest BCUT2D eigenvalue weighted by Crippen LogP contribution is -2.84. The SMILES string of the molecule is CC(=O)OCC1=C(C(=O)O)N2C(=O)[C@](N)(NC(=O)Cc3ccco3)[C@H]2SC1. The minimum absolute atomic E-state index is 0.101. The summed E-state index contributed by atoms with van der Waals surface area (Å²) in [6.45, 7) is 0.969. The molecular formula is C16H17N3O7S. The largest absolute Gasteiger partial charge is 0.477 e. The highest BCUT2D eigenvalue weighted by Crippen LogP contribution is 2.43. The highest BCUT2D eigenvalue weighted by Gasteiger charge is 2.63. The van der Waals surface area contributed by atoms with E-state index in [1.165, 1.54) is 24.9 Å². The second-order valence-corrected chi connectivity index (χ2v) is 7.12. The molecule has 144 valence electrons. The van der Waals surface area contributed by atoms with E-state index in [1.807, 2.05) is 0 Å². The molecule has 2 aliphatic heterocycles. The first-order chi connectivity index (χ1) is 12.7. The molecule has 0 unspecified atom stereocenters. The van der Waals surface area contributed by atoms with Crippen molar-refractivity contribution in [1.29, 1.82) is 0 Å². The third-order valence-corrected chi connectivity index (χ3v) is 5.51. The number of hydrogen-bond acceptors (Lipinski definition) is 8. The fourth-order valence-electron chi connectivity index (χ4n) is 2.91. The molecule has 0 bridgehead atoms. The second-order valence-electron chi connectivity index (χ2n) is 6.05. The number of amides is 2. The van der Waals surface area contributed by atoms with Crippen LogP contribution in [0.15, 0.2) is 34.1 Å². The van der Waals surface area contributed by atoms with E-state index >= 15 is 0 Å². The summed E-state index contributed by atoms with van der Waals surface area (Å²) in [4.78, 5) is 48.4. The average Bonchev–Trinajstić information content (AvgIpc) is 3.11. The summed E-state index contributed by atoms with van der Waals surface area (Å²) in [6.07, 6.45) is 1.32. The van der Waals surface area contributed by atoms with Crippen LogP contribution in [0.1, 0.15) is 12.7 Å². The second kappa shape index (κ2) is 7.08. The number of nitrogens with two attached hydrogens (primary N) is 1. The van der Waals surface area contributed by atoms with Gasteiger partial charge in [0.1, 0.15) is 23.4 Å². The molecular weight excluding hydrogens is 378 g/mol. The van der Waals surface area contributed by atoms with Gasteiger partial charge in [0, 0.05) is 18.2 Å². The number of aliphatic carboxylic acids is 1. The molecule has 2 atom stereocenters. The van der Waals surface area contributed by atoms with E-state index in [1.54, 1.807) is 12.1 Å². The first kappa shape index (κ1) is 19.0. The van der Waals surface area contributed by atoms with Crippen LogP contribution in [-0.4, -0.2) is 57.2 Å². The number of carboxylic acid groups (broad SMARTS) is 1. The number of hydrogen-bond donors (Lipinski definition) is 3. The first-order valence-corrected chi connectivity index (χ1v) is 8.95. The van der Waals surface area contributed by atoms with Crippen LogP contribution in [0.5, 0.6) is 0 Å². The summed E-state index contributed by atoms with van der Waals surface area (Å²) in [5.74, 6) is -2.56. The van der Waals surface area contributed by atoms with E-state index in [9.17, 15) is 24.3 Å². The monoisotopic (exact) mass is 395 g/mol. The Bertz CT molecular complexity index is 835. The Morgan fingerprint density at radius 3 is 2.85 bits per heavy atom. The first-order valence-electron chi connectivity index (χ1n) is 7.90. The predicted octanol–water partition coefficient (Wildman–Crippen LogP) is -0.590. The number of fused-ring (bicyclic) bond motifs is 1. The Morgan fingerprint density at radius 1 is 1.52 bits per heavy atom. The van der Waals surface area contributed by atoms with E-state index < -0.39 is 34.8 Å². The van der Waals surface area contributed by atoms with E-state index in [2.05, 4.69) is 5.32 Å². The Morgan fingerprint density at radius 2 is 2.26 bits per heavy atom. The molecule has 0 radical (unpaired) electrons. The summed E-state index contributed by atoms with van der Waals surface area (Å²) < 4.78 is 9.94. The van der Waals surface area contributed by atoms with Crippen LogP contribution in [0.3, 0.4) is 0 Å². The molecule has 1 saturated heterocycles. The molecule has 11 heteroatoms. The number of esters is 1. The number of carbonyl (C=O) groups is 4.